The molecule has 2 rings (SSSR count). The normalized spacial score (nSPS) is 22.9. The van der Waals surface area contributed by atoms with E-state index in [2.05, 4.69) is 49.4 Å². The van der Waals surface area contributed by atoms with Gasteiger partial charge in [-0.05, 0) is 57.0 Å². The van der Waals surface area contributed by atoms with Gasteiger partial charge in [0.2, 0.25) is 0 Å². The van der Waals surface area contributed by atoms with Gasteiger partial charge in [0.05, 0.1) is 12.8 Å². The van der Waals surface area contributed by atoms with Crippen LogP contribution in [0.1, 0.15) is 44.6 Å². The predicted octanol–water partition coefficient (Wildman–Crippen LogP) is 4.14. The smallest absolute Gasteiger partial charge is 0.141 e. The molecule has 0 bridgehead atoms. The molecule has 0 saturated heterocycles. The molecule has 0 heterocycles. The van der Waals surface area contributed by atoms with Gasteiger partial charge in [-0.1, -0.05) is 25.8 Å². The zero-order chi connectivity index (χ0) is 15.2. The highest BCUT2D eigenvalue weighted by atomic mass is 16.5. The summed E-state index contributed by atoms with van der Waals surface area (Å²) >= 11 is 0. The van der Waals surface area contributed by atoms with Crippen molar-refractivity contribution < 1.29 is 4.74 Å². The molecule has 21 heavy (non-hydrogen) atoms. The fraction of sp³-hybridized carbons (Fsp3) is 0.667. The molecule has 1 aromatic rings. The Morgan fingerprint density at radius 2 is 2.00 bits per heavy atom. The molecule has 1 N–H and O–H groups in total. The van der Waals surface area contributed by atoms with Crippen molar-refractivity contribution in [3.05, 3.63) is 23.8 Å². The molecule has 1 aliphatic rings. The lowest BCUT2D eigenvalue weighted by Gasteiger charge is -2.21. The van der Waals surface area contributed by atoms with Crippen molar-refractivity contribution in [2.75, 3.05) is 26.5 Å². The van der Waals surface area contributed by atoms with Gasteiger partial charge in [0, 0.05) is 12.6 Å². The first-order valence-corrected chi connectivity index (χ1v) is 8.16. The van der Waals surface area contributed by atoms with Crippen molar-refractivity contribution >= 4 is 5.69 Å². The van der Waals surface area contributed by atoms with Crippen LogP contribution in [-0.2, 0) is 6.54 Å². The summed E-state index contributed by atoms with van der Waals surface area (Å²) in [5, 5.41) is 3.73. The second-order valence-electron chi connectivity index (χ2n) is 6.73. The molecule has 3 heteroatoms. The van der Waals surface area contributed by atoms with Crippen LogP contribution in [0.2, 0.25) is 0 Å². The second-order valence-corrected chi connectivity index (χ2v) is 6.73. The Bertz CT molecular complexity index is 445. The molecule has 0 radical (unpaired) electrons. The number of hydrogen-bond donors (Lipinski definition) is 1. The summed E-state index contributed by atoms with van der Waals surface area (Å²) in [6, 6.07) is 7.06. The molecule has 1 aromatic carbocycles. The maximum absolute atomic E-state index is 5.52. The van der Waals surface area contributed by atoms with E-state index >= 15 is 0 Å². The van der Waals surface area contributed by atoms with Crippen LogP contribution in [0.3, 0.4) is 0 Å². The predicted molar refractivity (Wildman–Crippen MR) is 90.0 cm³/mol. The fourth-order valence-corrected chi connectivity index (χ4v) is 3.18. The number of methoxy groups -OCH3 is 1. The zero-order valence-corrected chi connectivity index (χ0v) is 14.0. The van der Waals surface area contributed by atoms with Gasteiger partial charge >= 0.3 is 0 Å². The maximum atomic E-state index is 5.52. The summed E-state index contributed by atoms with van der Waals surface area (Å²) in [6.07, 6.45) is 6.57. The summed E-state index contributed by atoms with van der Waals surface area (Å²) in [5.74, 6) is 1.83. The summed E-state index contributed by atoms with van der Waals surface area (Å²) in [7, 11) is 5.95. The molecule has 0 amide bonds. The van der Waals surface area contributed by atoms with Gasteiger partial charge in [-0.15, -0.1) is 0 Å². The Labute approximate surface area is 129 Å². The Hall–Kier alpha value is -1.22. The molecule has 0 aromatic heterocycles. The maximum Gasteiger partial charge on any atom is 0.141 e. The van der Waals surface area contributed by atoms with E-state index in [9.17, 15) is 0 Å². The highest BCUT2D eigenvalue weighted by molar-refractivity contribution is 5.58. The minimum atomic E-state index is 0.582. The van der Waals surface area contributed by atoms with E-state index in [0.29, 0.717) is 6.04 Å². The van der Waals surface area contributed by atoms with E-state index in [-0.39, 0.29) is 0 Å². The summed E-state index contributed by atoms with van der Waals surface area (Å²) < 4.78 is 5.52. The van der Waals surface area contributed by atoms with Crippen LogP contribution in [0.15, 0.2) is 18.2 Å². The van der Waals surface area contributed by atoms with Crippen molar-refractivity contribution in [1.29, 1.82) is 0 Å². The highest BCUT2D eigenvalue weighted by Crippen LogP contribution is 2.30. The molecule has 118 valence electrons. The molecular formula is C18H30N2O. The molecular weight excluding hydrogens is 260 g/mol. The lowest BCUT2D eigenvalue weighted by molar-refractivity contribution is 0.400. The van der Waals surface area contributed by atoms with Crippen LogP contribution < -0.4 is 10.1 Å². The standard InChI is InChI=1S/C18H30N2O/c1-14-6-5-7-16(10-8-14)19-17-12-15(13-20(2)3)9-11-18(17)21-4/h9,11-12,14,16,19H,5-8,10,13H2,1-4H3. The van der Waals surface area contributed by atoms with E-state index in [1.165, 1.54) is 37.7 Å². The average molecular weight is 290 g/mol. The number of hydrogen-bond acceptors (Lipinski definition) is 3. The summed E-state index contributed by atoms with van der Waals surface area (Å²) in [6.45, 7) is 3.33. The lowest BCUT2D eigenvalue weighted by atomic mass is 10.0. The third-order valence-corrected chi connectivity index (χ3v) is 4.38. The first kappa shape index (κ1) is 16.2. The molecule has 1 saturated carbocycles. The molecule has 3 nitrogen and oxygen atoms in total. The molecule has 2 unspecified atom stereocenters. The first-order chi connectivity index (χ1) is 10.1. The molecule has 2 atom stereocenters. The van der Waals surface area contributed by atoms with Crippen LogP contribution in [0.25, 0.3) is 0 Å². The largest absolute Gasteiger partial charge is 0.495 e. The number of nitrogens with one attached hydrogen (secondary N) is 1. The molecule has 0 aliphatic heterocycles. The monoisotopic (exact) mass is 290 g/mol. The van der Waals surface area contributed by atoms with Gasteiger partial charge < -0.3 is 15.0 Å². The van der Waals surface area contributed by atoms with Crippen molar-refractivity contribution in [3.63, 3.8) is 0 Å². The van der Waals surface area contributed by atoms with Gasteiger partial charge in [0.25, 0.3) is 0 Å². The van der Waals surface area contributed by atoms with Crippen molar-refractivity contribution in [2.24, 2.45) is 5.92 Å². The van der Waals surface area contributed by atoms with Crippen molar-refractivity contribution in [1.82, 2.24) is 4.90 Å². The number of anilines is 1. The Kier molecular flexibility index (Phi) is 5.92. The Morgan fingerprint density at radius 1 is 1.19 bits per heavy atom. The van der Waals surface area contributed by atoms with Crippen LogP contribution in [-0.4, -0.2) is 32.1 Å². The van der Waals surface area contributed by atoms with Gasteiger partial charge in [-0.25, -0.2) is 0 Å². The van der Waals surface area contributed by atoms with E-state index in [0.717, 1.165) is 23.9 Å². The van der Waals surface area contributed by atoms with Crippen LogP contribution in [0, 0.1) is 5.92 Å². The van der Waals surface area contributed by atoms with Crippen molar-refractivity contribution in [2.45, 2.75) is 51.6 Å². The third-order valence-electron chi connectivity index (χ3n) is 4.38. The van der Waals surface area contributed by atoms with E-state index in [1.54, 1.807) is 7.11 Å². The number of rotatable bonds is 5. The average Bonchev–Trinajstić information content (AvgIpc) is 2.63. The second kappa shape index (κ2) is 7.69. The Morgan fingerprint density at radius 3 is 2.71 bits per heavy atom. The fourth-order valence-electron chi connectivity index (χ4n) is 3.18. The van der Waals surface area contributed by atoms with Crippen LogP contribution in [0.4, 0.5) is 5.69 Å². The van der Waals surface area contributed by atoms with Gasteiger partial charge in [-0.3, -0.25) is 0 Å². The topological polar surface area (TPSA) is 24.5 Å². The number of ether oxygens (including phenoxy) is 1. The quantitative estimate of drug-likeness (QED) is 0.825. The summed E-state index contributed by atoms with van der Waals surface area (Å²) in [5.41, 5.74) is 2.47. The molecule has 1 aliphatic carbocycles. The van der Waals surface area contributed by atoms with Crippen molar-refractivity contribution in [3.8, 4) is 5.75 Å². The third kappa shape index (κ3) is 4.92. The SMILES string of the molecule is COc1ccc(CN(C)C)cc1NC1CCCC(C)CC1. The molecule has 0 spiro atoms. The van der Waals surface area contributed by atoms with E-state index in [1.807, 2.05) is 0 Å². The van der Waals surface area contributed by atoms with Crippen LogP contribution >= 0.6 is 0 Å². The zero-order valence-electron chi connectivity index (χ0n) is 14.0. The molecule has 1 fully saturated rings. The minimum Gasteiger partial charge on any atom is -0.495 e. The van der Waals surface area contributed by atoms with Gasteiger partial charge in [0.1, 0.15) is 5.75 Å². The lowest BCUT2D eigenvalue weighted by Crippen LogP contribution is -2.19. The first-order valence-electron chi connectivity index (χ1n) is 8.16. The highest BCUT2D eigenvalue weighted by Gasteiger charge is 2.17. The minimum absolute atomic E-state index is 0.582. The Balaban J connectivity index is 2.09. The number of benzene rings is 1. The number of nitrogens with zero attached hydrogens (tertiary/aromatic N) is 1. The van der Waals surface area contributed by atoms with E-state index in [4.69, 9.17) is 4.74 Å². The van der Waals surface area contributed by atoms with Gasteiger partial charge in [-0.2, -0.15) is 0 Å². The summed E-state index contributed by atoms with van der Waals surface area (Å²) in [4.78, 5) is 2.19. The van der Waals surface area contributed by atoms with Gasteiger partial charge in [0.15, 0.2) is 0 Å². The van der Waals surface area contributed by atoms with Crippen LogP contribution in [0.5, 0.6) is 5.75 Å². The van der Waals surface area contributed by atoms with E-state index < -0.39 is 0 Å².